The molecule has 1 aliphatic carbocycles. The Bertz CT molecular complexity index is 2230. The highest BCUT2D eigenvalue weighted by Gasteiger charge is 2.29. The molecule has 5 aromatic rings. The second-order valence-corrected chi connectivity index (χ2v) is 10.8. The lowest BCUT2D eigenvalue weighted by Crippen LogP contribution is -2.37. The minimum atomic E-state index is -1.04. The number of nitrogens with two attached hydrogens (primary N) is 1. The summed E-state index contributed by atoms with van der Waals surface area (Å²) in [7, 11) is 0. The standard InChI is InChI=1S/C30H25FN8O7/c1-12-15-5-7-19(17(15)4-3-16(12)28(44)45)35-26(42)20-9-21(39-29(36-20)37-38-30(39)46)27(43)34-10-13-2-6-18(31)14(8-13)11-33-23-22(32)24(40)25(23)41/h2-4,6,8-9,19,33H,5,7,10-11,32H2,1H3,(H,34,43)(H,35,42)(H,38,46)(H,44,45)/t19-/m0/s1. The second kappa shape index (κ2) is 11.4. The SMILES string of the molecule is Cc1c(C(=O)O)ccc2c1CC[C@@H]2NC(=O)c1cc(C(=O)NCc2ccc(F)c(CNc3c(N)c(=O)c3=O)c2)n2c(=O)[nH]nc2n1. The number of nitrogen functional groups attached to an aromatic ring is 1. The van der Waals surface area contributed by atoms with Crippen molar-refractivity contribution in [2.75, 3.05) is 11.1 Å². The van der Waals surface area contributed by atoms with Crippen molar-refractivity contribution in [3.8, 4) is 0 Å². The summed E-state index contributed by atoms with van der Waals surface area (Å²) in [6, 6.07) is 7.92. The molecule has 2 aromatic heterocycles. The summed E-state index contributed by atoms with van der Waals surface area (Å²) >= 11 is 0. The van der Waals surface area contributed by atoms with Gasteiger partial charge in [0.2, 0.25) is 0 Å². The molecule has 0 radical (unpaired) electrons. The highest BCUT2D eigenvalue weighted by Crippen LogP contribution is 2.35. The van der Waals surface area contributed by atoms with Crippen LogP contribution in [0.25, 0.3) is 5.78 Å². The Morgan fingerprint density at radius 1 is 1.09 bits per heavy atom. The number of hydrogen-bond donors (Lipinski definition) is 6. The molecular weight excluding hydrogens is 603 g/mol. The summed E-state index contributed by atoms with van der Waals surface area (Å²) in [5, 5.41) is 23.6. The zero-order valence-electron chi connectivity index (χ0n) is 24.1. The van der Waals surface area contributed by atoms with Gasteiger partial charge in [0.05, 0.1) is 11.6 Å². The number of nitrogens with one attached hydrogen (secondary N) is 4. The third-order valence-electron chi connectivity index (χ3n) is 8.05. The van der Waals surface area contributed by atoms with Gasteiger partial charge in [-0.2, -0.15) is 0 Å². The fourth-order valence-electron chi connectivity index (χ4n) is 5.61. The van der Waals surface area contributed by atoms with Crippen LogP contribution in [0.1, 0.15) is 71.6 Å². The highest BCUT2D eigenvalue weighted by atomic mass is 19.1. The van der Waals surface area contributed by atoms with Gasteiger partial charge in [0, 0.05) is 18.7 Å². The number of nitrogens with zero attached hydrogens (tertiary/aromatic N) is 3. The molecule has 0 aliphatic heterocycles. The normalized spacial score (nSPS) is 13.9. The van der Waals surface area contributed by atoms with Gasteiger partial charge >= 0.3 is 11.7 Å². The third-order valence-corrected chi connectivity index (χ3v) is 8.05. The van der Waals surface area contributed by atoms with E-state index in [1.807, 2.05) is 0 Å². The molecule has 2 amide bonds. The van der Waals surface area contributed by atoms with Crippen LogP contribution < -0.4 is 38.2 Å². The number of H-pyrrole nitrogens is 1. The van der Waals surface area contributed by atoms with Gasteiger partial charge in [-0.1, -0.05) is 12.1 Å². The summed E-state index contributed by atoms with van der Waals surface area (Å²) in [6.07, 6.45) is 1.09. The minimum Gasteiger partial charge on any atom is -0.478 e. The van der Waals surface area contributed by atoms with Crippen molar-refractivity contribution in [3.63, 3.8) is 0 Å². The van der Waals surface area contributed by atoms with Gasteiger partial charge < -0.3 is 26.8 Å². The molecule has 16 heteroatoms. The summed E-state index contributed by atoms with van der Waals surface area (Å²) < 4.78 is 15.3. The van der Waals surface area contributed by atoms with Gasteiger partial charge in [0.15, 0.2) is 0 Å². The van der Waals surface area contributed by atoms with Gasteiger partial charge in [-0.05, 0) is 66.3 Å². The molecule has 0 bridgehead atoms. The maximum Gasteiger partial charge on any atom is 0.349 e. The molecule has 15 nitrogen and oxygen atoms in total. The van der Waals surface area contributed by atoms with Crippen molar-refractivity contribution in [1.82, 2.24) is 30.2 Å². The summed E-state index contributed by atoms with van der Waals surface area (Å²) in [4.78, 5) is 77.7. The van der Waals surface area contributed by atoms with Gasteiger partial charge in [0.25, 0.3) is 28.4 Å². The number of rotatable bonds is 9. The molecule has 3 aromatic carbocycles. The Labute approximate surface area is 257 Å². The minimum absolute atomic E-state index is 0.0882. The molecule has 6 rings (SSSR count). The van der Waals surface area contributed by atoms with Crippen molar-refractivity contribution in [1.29, 1.82) is 0 Å². The quantitative estimate of drug-likeness (QED) is 0.124. The maximum absolute atomic E-state index is 14.4. The fourth-order valence-corrected chi connectivity index (χ4v) is 5.61. The van der Waals surface area contributed by atoms with E-state index in [2.05, 4.69) is 31.1 Å². The van der Waals surface area contributed by atoms with Crippen LogP contribution in [-0.2, 0) is 19.5 Å². The number of carbonyl (C=O) groups excluding carboxylic acids is 2. The predicted molar refractivity (Wildman–Crippen MR) is 161 cm³/mol. The van der Waals surface area contributed by atoms with Crippen molar-refractivity contribution >= 4 is 34.9 Å². The van der Waals surface area contributed by atoms with E-state index in [4.69, 9.17) is 5.73 Å². The number of anilines is 2. The molecule has 1 atom stereocenters. The number of fused-ring (bicyclic) bond motifs is 2. The monoisotopic (exact) mass is 628 g/mol. The molecule has 46 heavy (non-hydrogen) atoms. The van der Waals surface area contributed by atoms with Crippen molar-refractivity contribution < 1.29 is 23.9 Å². The molecular formula is C30H25FN8O7. The van der Waals surface area contributed by atoms with Crippen LogP contribution in [0.4, 0.5) is 15.8 Å². The predicted octanol–water partition coefficient (Wildman–Crippen LogP) is 0.701. The van der Waals surface area contributed by atoms with E-state index in [0.717, 1.165) is 21.6 Å². The Morgan fingerprint density at radius 3 is 2.61 bits per heavy atom. The molecule has 7 N–H and O–H groups in total. The lowest BCUT2D eigenvalue weighted by molar-refractivity contribution is 0.0695. The topological polar surface area (TPSA) is 231 Å². The summed E-state index contributed by atoms with van der Waals surface area (Å²) in [5.74, 6) is -3.24. The van der Waals surface area contributed by atoms with E-state index in [1.54, 1.807) is 13.0 Å². The molecule has 234 valence electrons. The molecule has 0 saturated carbocycles. The van der Waals surface area contributed by atoms with Crippen molar-refractivity contribution in [3.05, 3.63) is 118 Å². The fraction of sp³-hybridized carbons (Fsp3) is 0.200. The number of aromatic amines is 1. The Morgan fingerprint density at radius 2 is 1.87 bits per heavy atom. The third kappa shape index (κ3) is 5.14. The lowest BCUT2D eigenvalue weighted by Gasteiger charge is -2.16. The molecule has 2 heterocycles. The molecule has 0 spiro atoms. The van der Waals surface area contributed by atoms with E-state index in [1.165, 1.54) is 24.3 Å². The van der Waals surface area contributed by atoms with Gasteiger partial charge in [-0.15, -0.1) is 5.10 Å². The number of benzene rings is 2. The number of aromatic nitrogens is 4. The van der Waals surface area contributed by atoms with Gasteiger partial charge in [-0.3, -0.25) is 19.2 Å². The number of carboxylic acid groups (broad SMARTS) is 1. The Kier molecular flexibility index (Phi) is 7.39. The zero-order chi connectivity index (χ0) is 32.9. The maximum atomic E-state index is 14.4. The molecule has 1 aliphatic rings. The summed E-state index contributed by atoms with van der Waals surface area (Å²) in [5.41, 5.74) is 5.47. The van der Waals surface area contributed by atoms with Gasteiger partial charge in [0.1, 0.15) is 28.6 Å². The van der Waals surface area contributed by atoms with Crippen LogP contribution in [0.3, 0.4) is 0 Å². The Balaban J connectivity index is 1.19. The zero-order valence-corrected chi connectivity index (χ0v) is 24.1. The average molecular weight is 629 g/mol. The molecule has 0 fully saturated rings. The van der Waals surface area contributed by atoms with Gasteiger partial charge in [-0.25, -0.2) is 28.5 Å². The molecule has 0 unspecified atom stereocenters. The number of halogens is 1. The number of amides is 2. The van der Waals surface area contributed by atoms with Crippen LogP contribution in [0, 0.1) is 12.7 Å². The van der Waals surface area contributed by atoms with Crippen molar-refractivity contribution in [2.45, 2.75) is 38.9 Å². The molecule has 0 saturated heterocycles. The van der Waals surface area contributed by atoms with Crippen LogP contribution in [0.2, 0.25) is 0 Å². The smallest absolute Gasteiger partial charge is 0.349 e. The van der Waals surface area contributed by atoms with E-state index in [-0.39, 0.29) is 52.8 Å². The number of carbonyl (C=O) groups is 3. The Hall–Kier alpha value is -6.19. The first-order valence-corrected chi connectivity index (χ1v) is 14.0. The van der Waals surface area contributed by atoms with E-state index in [9.17, 15) is 38.3 Å². The largest absolute Gasteiger partial charge is 0.478 e. The van der Waals surface area contributed by atoms with Crippen LogP contribution >= 0.6 is 0 Å². The number of carboxylic acids is 1. The van der Waals surface area contributed by atoms with E-state index in [0.29, 0.717) is 24.0 Å². The van der Waals surface area contributed by atoms with E-state index < -0.39 is 46.2 Å². The first kappa shape index (κ1) is 29.9. The van der Waals surface area contributed by atoms with Crippen molar-refractivity contribution in [2.24, 2.45) is 0 Å². The average Bonchev–Trinajstić information content (AvgIpc) is 3.63. The van der Waals surface area contributed by atoms with Crippen LogP contribution in [-0.4, -0.2) is 42.5 Å². The highest BCUT2D eigenvalue weighted by molar-refractivity contribution is 5.98. The second-order valence-electron chi connectivity index (χ2n) is 10.8. The first-order chi connectivity index (χ1) is 21.9. The number of hydrogen-bond acceptors (Lipinski definition) is 10. The summed E-state index contributed by atoms with van der Waals surface area (Å²) in [6.45, 7) is 1.46. The number of aromatic carboxylic acids is 1. The lowest BCUT2D eigenvalue weighted by atomic mass is 9.98. The van der Waals surface area contributed by atoms with Crippen LogP contribution in [0.5, 0.6) is 0 Å². The first-order valence-electron chi connectivity index (χ1n) is 14.0. The van der Waals surface area contributed by atoms with Crippen LogP contribution in [0.15, 0.2) is 50.8 Å². The van der Waals surface area contributed by atoms with E-state index >= 15 is 0 Å².